The van der Waals surface area contributed by atoms with E-state index in [2.05, 4.69) is 9.97 Å². The van der Waals surface area contributed by atoms with Gasteiger partial charge in [0.15, 0.2) is 5.82 Å². The fourth-order valence-electron chi connectivity index (χ4n) is 3.49. The van der Waals surface area contributed by atoms with Crippen LogP contribution >= 0.6 is 0 Å². The molecule has 136 valence electrons. The van der Waals surface area contributed by atoms with Crippen LogP contribution in [-0.4, -0.2) is 66.3 Å². The van der Waals surface area contributed by atoms with Gasteiger partial charge in [0.05, 0.1) is 38.3 Å². The van der Waals surface area contributed by atoms with E-state index in [-0.39, 0.29) is 18.1 Å². The van der Waals surface area contributed by atoms with E-state index < -0.39 is 5.82 Å². The summed E-state index contributed by atoms with van der Waals surface area (Å²) in [6.45, 7) is 2.12. The maximum absolute atomic E-state index is 13.1. The monoisotopic (exact) mass is 358 g/mol. The van der Waals surface area contributed by atoms with Crippen molar-refractivity contribution in [3.63, 3.8) is 0 Å². The molecule has 2 saturated heterocycles. The molecule has 0 bridgehead atoms. The Morgan fingerprint density at radius 1 is 1.31 bits per heavy atom. The van der Waals surface area contributed by atoms with Crippen molar-refractivity contribution in [2.75, 3.05) is 38.3 Å². The minimum Gasteiger partial charge on any atom is -0.497 e. The third kappa shape index (κ3) is 3.08. The molecule has 4 rings (SSSR count). The smallest absolute Gasteiger partial charge is 0.254 e. The molecule has 0 spiro atoms. The number of hydrogen-bond acceptors (Lipinski definition) is 6. The highest BCUT2D eigenvalue weighted by molar-refractivity contribution is 5.95. The Bertz CT molecular complexity index is 801. The number of carbonyl (C=O) groups excluding carboxylic acids is 1. The number of anilines is 1. The predicted octanol–water partition coefficient (Wildman–Crippen LogP) is 1.35. The van der Waals surface area contributed by atoms with Gasteiger partial charge < -0.3 is 19.3 Å². The molecule has 8 heteroatoms. The van der Waals surface area contributed by atoms with Crippen LogP contribution in [0.4, 0.5) is 10.3 Å². The zero-order valence-corrected chi connectivity index (χ0v) is 14.3. The molecular formula is C18H19FN4O3. The van der Waals surface area contributed by atoms with Crippen LogP contribution in [0.2, 0.25) is 0 Å². The van der Waals surface area contributed by atoms with Crippen molar-refractivity contribution in [1.29, 1.82) is 0 Å². The molecule has 2 atom stereocenters. The summed E-state index contributed by atoms with van der Waals surface area (Å²) in [7, 11) is 1.57. The van der Waals surface area contributed by atoms with Crippen molar-refractivity contribution in [2.24, 2.45) is 0 Å². The zero-order chi connectivity index (χ0) is 18.1. The highest BCUT2D eigenvalue weighted by Gasteiger charge is 2.43. The second kappa shape index (κ2) is 6.87. The summed E-state index contributed by atoms with van der Waals surface area (Å²) < 4.78 is 24.2. The number of nitrogens with zero attached hydrogens (tertiary/aromatic N) is 4. The minimum absolute atomic E-state index is 0.0521. The largest absolute Gasteiger partial charge is 0.497 e. The average molecular weight is 358 g/mol. The second-order valence-electron chi connectivity index (χ2n) is 6.31. The Balaban J connectivity index is 1.53. The van der Waals surface area contributed by atoms with Gasteiger partial charge in [-0.05, 0) is 18.2 Å². The van der Waals surface area contributed by atoms with Crippen molar-refractivity contribution in [3.05, 3.63) is 48.0 Å². The van der Waals surface area contributed by atoms with Gasteiger partial charge in [-0.3, -0.25) is 4.79 Å². The number of aromatic nitrogens is 2. The first-order chi connectivity index (χ1) is 12.7. The molecule has 7 nitrogen and oxygen atoms in total. The summed E-state index contributed by atoms with van der Waals surface area (Å²) in [5.41, 5.74) is 0.576. The molecule has 0 saturated carbocycles. The van der Waals surface area contributed by atoms with Crippen LogP contribution < -0.4 is 9.64 Å². The van der Waals surface area contributed by atoms with Gasteiger partial charge in [-0.15, -0.1) is 0 Å². The molecule has 1 aromatic heterocycles. The molecule has 2 aliphatic rings. The fraction of sp³-hybridized carbons (Fsp3) is 0.389. The Morgan fingerprint density at radius 3 is 2.88 bits per heavy atom. The normalized spacial score (nSPS) is 22.2. The lowest BCUT2D eigenvalue weighted by Crippen LogP contribution is -2.51. The topological polar surface area (TPSA) is 67.8 Å². The summed E-state index contributed by atoms with van der Waals surface area (Å²) in [5, 5.41) is 0. The average Bonchev–Trinajstić information content (AvgIpc) is 3.12. The molecule has 2 aromatic rings. The van der Waals surface area contributed by atoms with E-state index in [1.165, 1.54) is 0 Å². The van der Waals surface area contributed by atoms with Crippen molar-refractivity contribution in [2.45, 2.75) is 12.1 Å². The van der Waals surface area contributed by atoms with Crippen molar-refractivity contribution < 1.29 is 18.7 Å². The van der Waals surface area contributed by atoms with Gasteiger partial charge >= 0.3 is 0 Å². The summed E-state index contributed by atoms with van der Waals surface area (Å²) in [6, 6.07) is 7.05. The highest BCUT2D eigenvalue weighted by Crippen LogP contribution is 2.27. The van der Waals surface area contributed by atoms with E-state index >= 15 is 0 Å². The van der Waals surface area contributed by atoms with Crippen LogP contribution in [-0.2, 0) is 4.74 Å². The number of carbonyl (C=O) groups is 1. The number of likely N-dealkylation sites (tertiary alicyclic amines) is 1. The Kier molecular flexibility index (Phi) is 4.42. The highest BCUT2D eigenvalue weighted by atomic mass is 19.1. The molecule has 3 heterocycles. The van der Waals surface area contributed by atoms with E-state index in [1.807, 2.05) is 4.90 Å². The number of fused-ring (bicyclic) bond motifs is 1. The number of amides is 1. The zero-order valence-electron chi connectivity index (χ0n) is 14.3. The van der Waals surface area contributed by atoms with Crippen LogP contribution in [0.3, 0.4) is 0 Å². The molecule has 0 aliphatic carbocycles. The third-order valence-electron chi connectivity index (χ3n) is 4.77. The number of benzene rings is 1. The molecule has 1 aromatic carbocycles. The lowest BCUT2D eigenvalue weighted by molar-refractivity contribution is 0.0296. The molecule has 0 unspecified atom stereocenters. The second-order valence-corrected chi connectivity index (χ2v) is 6.31. The van der Waals surface area contributed by atoms with Crippen molar-refractivity contribution in [3.8, 4) is 5.75 Å². The first-order valence-corrected chi connectivity index (χ1v) is 8.45. The van der Waals surface area contributed by atoms with Crippen LogP contribution in [0, 0.1) is 5.82 Å². The van der Waals surface area contributed by atoms with Gasteiger partial charge in [-0.1, -0.05) is 6.07 Å². The summed E-state index contributed by atoms with van der Waals surface area (Å²) in [5.74, 6) is 0.562. The van der Waals surface area contributed by atoms with E-state index in [0.717, 1.165) is 12.4 Å². The molecule has 2 fully saturated rings. The third-order valence-corrected chi connectivity index (χ3v) is 4.77. The van der Waals surface area contributed by atoms with Crippen molar-refractivity contribution >= 4 is 11.9 Å². The van der Waals surface area contributed by atoms with Gasteiger partial charge in [-0.25, -0.2) is 14.4 Å². The van der Waals surface area contributed by atoms with Crippen LogP contribution in [0.25, 0.3) is 0 Å². The number of hydrogen-bond donors (Lipinski definition) is 0. The van der Waals surface area contributed by atoms with Gasteiger partial charge in [0.2, 0.25) is 5.95 Å². The number of morpholine rings is 1. The van der Waals surface area contributed by atoms with Crippen molar-refractivity contribution in [1.82, 2.24) is 14.9 Å². The van der Waals surface area contributed by atoms with E-state index in [4.69, 9.17) is 9.47 Å². The van der Waals surface area contributed by atoms with Crippen LogP contribution in [0.5, 0.6) is 5.75 Å². The van der Waals surface area contributed by atoms with E-state index in [9.17, 15) is 9.18 Å². The Hall–Kier alpha value is -2.74. The predicted molar refractivity (Wildman–Crippen MR) is 91.8 cm³/mol. The van der Waals surface area contributed by atoms with Crippen LogP contribution in [0.15, 0.2) is 36.7 Å². The molecule has 2 aliphatic heterocycles. The fourth-order valence-corrected chi connectivity index (χ4v) is 3.49. The molecular weight excluding hydrogens is 339 g/mol. The quantitative estimate of drug-likeness (QED) is 0.825. The SMILES string of the molecule is COc1cccc(C(=O)N2C[C@@H]3OCCN(c4ncc(F)cn4)[C@@H]3C2)c1. The Labute approximate surface area is 150 Å². The van der Waals surface area contributed by atoms with Gasteiger partial charge in [0.25, 0.3) is 5.91 Å². The standard InChI is InChI=1S/C18H19FN4O3/c1-25-14-4-2-3-12(7-14)17(24)22-10-15-16(11-22)26-6-5-23(15)18-20-8-13(19)9-21-18/h2-4,7-9,15-16H,5-6,10-11H2,1H3/t15-,16+/m1/s1. The maximum Gasteiger partial charge on any atom is 0.254 e. The van der Waals surface area contributed by atoms with Gasteiger partial charge in [0.1, 0.15) is 5.75 Å². The van der Waals surface area contributed by atoms with Gasteiger partial charge in [0, 0.05) is 25.2 Å². The van der Waals surface area contributed by atoms with E-state index in [1.54, 1.807) is 36.3 Å². The summed E-state index contributed by atoms with van der Waals surface area (Å²) in [4.78, 5) is 24.8. The molecule has 0 radical (unpaired) electrons. The molecule has 1 amide bonds. The number of ether oxygens (including phenoxy) is 2. The minimum atomic E-state index is -0.472. The molecule has 0 N–H and O–H groups in total. The lowest BCUT2D eigenvalue weighted by atomic mass is 10.1. The summed E-state index contributed by atoms with van der Waals surface area (Å²) >= 11 is 0. The Morgan fingerprint density at radius 2 is 2.12 bits per heavy atom. The lowest BCUT2D eigenvalue weighted by Gasteiger charge is -2.36. The van der Waals surface area contributed by atoms with Gasteiger partial charge in [-0.2, -0.15) is 0 Å². The van der Waals surface area contributed by atoms with E-state index in [0.29, 0.717) is 43.5 Å². The van der Waals surface area contributed by atoms with Crippen LogP contribution in [0.1, 0.15) is 10.4 Å². The first kappa shape index (κ1) is 16.7. The number of methoxy groups -OCH3 is 1. The number of halogens is 1. The molecule has 26 heavy (non-hydrogen) atoms. The maximum atomic E-state index is 13.1. The summed E-state index contributed by atoms with van der Waals surface area (Å²) in [6.07, 6.45) is 2.19. The number of rotatable bonds is 3. The first-order valence-electron chi connectivity index (χ1n) is 8.45.